The van der Waals surface area contributed by atoms with E-state index in [0.717, 1.165) is 5.69 Å². The first-order valence-corrected chi connectivity index (χ1v) is 5.80. The van der Waals surface area contributed by atoms with E-state index >= 15 is 0 Å². The minimum Gasteiger partial charge on any atom is -0.508 e. The second-order valence-corrected chi connectivity index (χ2v) is 4.41. The zero-order valence-corrected chi connectivity index (χ0v) is 10.8. The molecule has 2 aromatic rings. The molecule has 0 spiro atoms. The van der Waals surface area contributed by atoms with Gasteiger partial charge in [-0.05, 0) is 25.1 Å². The average Bonchev–Trinajstić information content (AvgIpc) is 2.70. The number of carboxylic acids is 1. The number of aryl methyl sites for hydroxylation is 1. The summed E-state index contributed by atoms with van der Waals surface area (Å²) < 4.78 is 5.29. The fourth-order valence-corrected chi connectivity index (χ4v) is 1.89. The maximum absolute atomic E-state index is 10.9. The van der Waals surface area contributed by atoms with Crippen molar-refractivity contribution in [1.82, 2.24) is 0 Å². The quantitative estimate of drug-likeness (QED) is 0.885. The first-order valence-electron chi connectivity index (χ1n) is 5.80. The summed E-state index contributed by atoms with van der Waals surface area (Å²) in [6.45, 7) is 2.13. The maximum Gasteiger partial charge on any atom is 0.372 e. The topological polar surface area (TPSA) is 73.9 Å². The van der Waals surface area contributed by atoms with Gasteiger partial charge in [0.05, 0.1) is 6.54 Å². The SMILES string of the molecule is Cc1cc(CN(C)c2cccc(O)c2)oc1C(=O)O. The molecule has 5 heteroatoms. The van der Waals surface area contributed by atoms with Gasteiger partial charge in [0.25, 0.3) is 0 Å². The molecule has 1 aromatic heterocycles. The van der Waals surface area contributed by atoms with Crippen LogP contribution < -0.4 is 4.90 Å². The predicted octanol–water partition coefficient (Wildman–Crippen LogP) is 2.63. The number of carboxylic acid groups (broad SMARTS) is 1. The third-order valence-corrected chi connectivity index (χ3v) is 2.83. The largest absolute Gasteiger partial charge is 0.508 e. The van der Waals surface area contributed by atoms with Gasteiger partial charge in [-0.2, -0.15) is 0 Å². The van der Waals surface area contributed by atoms with Crippen LogP contribution in [0.25, 0.3) is 0 Å². The fraction of sp³-hybridized carbons (Fsp3) is 0.214. The molecule has 0 atom stereocenters. The molecule has 100 valence electrons. The van der Waals surface area contributed by atoms with E-state index in [9.17, 15) is 9.90 Å². The molecule has 0 fully saturated rings. The van der Waals surface area contributed by atoms with Gasteiger partial charge < -0.3 is 19.5 Å². The lowest BCUT2D eigenvalue weighted by Crippen LogP contribution is -2.15. The Morgan fingerprint density at radius 3 is 2.68 bits per heavy atom. The summed E-state index contributed by atoms with van der Waals surface area (Å²) in [6, 6.07) is 8.54. The third kappa shape index (κ3) is 2.88. The molecule has 0 saturated heterocycles. The van der Waals surface area contributed by atoms with E-state index in [0.29, 0.717) is 17.9 Å². The van der Waals surface area contributed by atoms with Crippen LogP contribution in [0.5, 0.6) is 5.75 Å². The highest BCUT2D eigenvalue weighted by Crippen LogP contribution is 2.22. The number of phenolic OH excluding ortho intramolecular Hbond substituents is 1. The summed E-state index contributed by atoms with van der Waals surface area (Å²) in [5, 5.41) is 18.3. The summed E-state index contributed by atoms with van der Waals surface area (Å²) in [5.74, 6) is -0.338. The van der Waals surface area contributed by atoms with Crippen LogP contribution in [-0.2, 0) is 6.54 Å². The van der Waals surface area contributed by atoms with E-state index < -0.39 is 5.97 Å². The highest BCUT2D eigenvalue weighted by Gasteiger charge is 2.15. The van der Waals surface area contributed by atoms with E-state index in [1.807, 2.05) is 18.0 Å². The van der Waals surface area contributed by atoms with Crippen molar-refractivity contribution in [1.29, 1.82) is 0 Å². The molecular formula is C14H15NO4. The Morgan fingerprint density at radius 2 is 2.11 bits per heavy atom. The lowest BCUT2D eigenvalue weighted by molar-refractivity contribution is 0.0659. The Kier molecular flexibility index (Phi) is 3.46. The van der Waals surface area contributed by atoms with Gasteiger partial charge in [0.2, 0.25) is 5.76 Å². The number of nitrogens with zero attached hydrogens (tertiary/aromatic N) is 1. The minimum absolute atomic E-state index is 0.0284. The molecule has 2 rings (SSSR count). The van der Waals surface area contributed by atoms with Crippen molar-refractivity contribution >= 4 is 11.7 Å². The van der Waals surface area contributed by atoms with Crippen molar-refractivity contribution in [3.8, 4) is 5.75 Å². The molecule has 2 N–H and O–H groups in total. The molecule has 0 aliphatic rings. The number of carbonyl (C=O) groups is 1. The van der Waals surface area contributed by atoms with E-state index in [4.69, 9.17) is 9.52 Å². The number of phenols is 1. The van der Waals surface area contributed by atoms with Crippen LogP contribution in [0.4, 0.5) is 5.69 Å². The second kappa shape index (κ2) is 5.06. The van der Waals surface area contributed by atoms with Crippen molar-refractivity contribution in [2.75, 3.05) is 11.9 Å². The van der Waals surface area contributed by atoms with Gasteiger partial charge in [-0.3, -0.25) is 0 Å². The number of hydrogen-bond donors (Lipinski definition) is 2. The molecule has 0 aliphatic carbocycles. The lowest BCUT2D eigenvalue weighted by atomic mass is 10.2. The zero-order valence-electron chi connectivity index (χ0n) is 10.8. The molecule has 5 nitrogen and oxygen atoms in total. The molecule has 0 radical (unpaired) electrons. The normalized spacial score (nSPS) is 10.4. The average molecular weight is 261 g/mol. The highest BCUT2D eigenvalue weighted by molar-refractivity contribution is 5.86. The monoisotopic (exact) mass is 261 g/mol. The smallest absolute Gasteiger partial charge is 0.372 e. The van der Waals surface area contributed by atoms with Crippen LogP contribution in [-0.4, -0.2) is 23.2 Å². The Balaban J connectivity index is 2.17. The lowest BCUT2D eigenvalue weighted by Gasteiger charge is -2.17. The van der Waals surface area contributed by atoms with Crippen LogP contribution in [0.3, 0.4) is 0 Å². The molecule has 0 aliphatic heterocycles. The van der Waals surface area contributed by atoms with Gasteiger partial charge in [0.15, 0.2) is 0 Å². The standard InChI is InChI=1S/C14H15NO4/c1-9-6-12(19-13(9)14(17)18)8-15(2)10-4-3-5-11(16)7-10/h3-7,16H,8H2,1-2H3,(H,17,18). The summed E-state index contributed by atoms with van der Waals surface area (Å²) in [7, 11) is 1.84. The van der Waals surface area contributed by atoms with Crippen molar-refractivity contribution in [2.24, 2.45) is 0 Å². The number of aromatic carboxylic acids is 1. The van der Waals surface area contributed by atoms with Crippen LogP contribution in [0.2, 0.25) is 0 Å². The molecule has 1 heterocycles. The van der Waals surface area contributed by atoms with Crippen LogP contribution in [0.15, 0.2) is 34.7 Å². The first-order chi connectivity index (χ1) is 8.97. The van der Waals surface area contributed by atoms with Gasteiger partial charge in [0.1, 0.15) is 11.5 Å². The van der Waals surface area contributed by atoms with Gasteiger partial charge in [-0.25, -0.2) is 4.79 Å². The molecule has 0 amide bonds. The predicted molar refractivity (Wildman–Crippen MR) is 70.6 cm³/mol. The number of hydrogen-bond acceptors (Lipinski definition) is 4. The van der Waals surface area contributed by atoms with E-state index in [-0.39, 0.29) is 11.5 Å². The van der Waals surface area contributed by atoms with Crippen LogP contribution >= 0.6 is 0 Å². The Morgan fingerprint density at radius 1 is 1.37 bits per heavy atom. The fourth-order valence-electron chi connectivity index (χ4n) is 1.89. The molecule has 0 unspecified atom stereocenters. The van der Waals surface area contributed by atoms with Crippen molar-refractivity contribution < 1.29 is 19.4 Å². The number of anilines is 1. The van der Waals surface area contributed by atoms with Gasteiger partial charge >= 0.3 is 5.97 Å². The van der Waals surface area contributed by atoms with E-state index in [2.05, 4.69) is 0 Å². The van der Waals surface area contributed by atoms with Crippen molar-refractivity contribution in [2.45, 2.75) is 13.5 Å². The summed E-state index contributed by atoms with van der Waals surface area (Å²) in [5.41, 5.74) is 1.43. The molecule has 0 bridgehead atoms. The molecule has 1 aromatic carbocycles. The maximum atomic E-state index is 10.9. The van der Waals surface area contributed by atoms with Crippen LogP contribution in [0, 0.1) is 6.92 Å². The van der Waals surface area contributed by atoms with Crippen LogP contribution in [0.1, 0.15) is 21.9 Å². The zero-order chi connectivity index (χ0) is 14.0. The number of furan rings is 1. The molecule has 0 saturated carbocycles. The van der Waals surface area contributed by atoms with Crippen molar-refractivity contribution in [3.05, 3.63) is 47.4 Å². The molecule has 19 heavy (non-hydrogen) atoms. The Labute approximate surface area is 110 Å². The van der Waals surface area contributed by atoms with Gasteiger partial charge in [0, 0.05) is 24.4 Å². The van der Waals surface area contributed by atoms with Crippen molar-refractivity contribution in [3.63, 3.8) is 0 Å². The third-order valence-electron chi connectivity index (χ3n) is 2.83. The minimum atomic E-state index is -1.07. The molecular weight excluding hydrogens is 246 g/mol. The highest BCUT2D eigenvalue weighted by atomic mass is 16.4. The Hall–Kier alpha value is -2.43. The number of rotatable bonds is 4. The van der Waals surface area contributed by atoms with E-state index in [1.165, 1.54) is 0 Å². The van der Waals surface area contributed by atoms with Gasteiger partial charge in [-0.1, -0.05) is 6.07 Å². The van der Waals surface area contributed by atoms with Gasteiger partial charge in [-0.15, -0.1) is 0 Å². The number of benzene rings is 1. The first kappa shape index (κ1) is 13.0. The Bertz CT molecular complexity index is 603. The second-order valence-electron chi connectivity index (χ2n) is 4.41. The summed E-state index contributed by atoms with van der Waals surface area (Å²) in [6.07, 6.45) is 0. The number of aromatic hydroxyl groups is 1. The summed E-state index contributed by atoms with van der Waals surface area (Å²) >= 11 is 0. The summed E-state index contributed by atoms with van der Waals surface area (Å²) in [4.78, 5) is 12.8. The van der Waals surface area contributed by atoms with E-state index in [1.54, 1.807) is 31.2 Å².